The Labute approximate surface area is 610 Å². The maximum atomic E-state index is 6.02. The zero-order chi connectivity index (χ0) is 72.0. The fraction of sp³-hybridized carbons (Fsp3) is 0.144. The van der Waals surface area contributed by atoms with Crippen molar-refractivity contribution in [3.05, 3.63) is 368 Å². The smallest absolute Gasteiger partial charge is 0.119 e. The monoisotopic (exact) mass is 1370 g/mol. The van der Waals surface area contributed by atoms with E-state index in [1.54, 1.807) is 30.4 Å². The van der Waals surface area contributed by atoms with Crippen molar-refractivity contribution in [3.63, 3.8) is 0 Å². The van der Waals surface area contributed by atoms with Crippen molar-refractivity contribution in [2.24, 2.45) is 15.0 Å². The highest BCUT2D eigenvalue weighted by atomic mass is 16.5. The second-order valence-corrected chi connectivity index (χ2v) is 24.4. The van der Waals surface area contributed by atoms with Crippen molar-refractivity contribution >= 4 is 45.0 Å². The van der Waals surface area contributed by atoms with Gasteiger partial charge in [-0.1, -0.05) is 150 Å². The molecule has 1 unspecified atom stereocenters. The molecule has 1 atom stereocenters. The Morgan fingerprint density at radius 2 is 0.788 bits per heavy atom. The second-order valence-electron chi connectivity index (χ2n) is 24.4. The fourth-order valence-corrected chi connectivity index (χ4v) is 12.4. The average Bonchev–Trinajstić information content (AvgIpc) is 1.63. The molecule has 0 spiro atoms. The number of nitrogens with one attached hydrogen (secondary N) is 5. The van der Waals surface area contributed by atoms with Crippen molar-refractivity contribution in [1.29, 1.82) is 0 Å². The molecule has 0 aliphatic carbocycles. The molecule has 0 saturated carbocycles. The molecule has 5 N–H and O–H groups in total. The number of H-pyrrole nitrogens is 2. The highest BCUT2D eigenvalue weighted by Gasteiger charge is 2.27. The Morgan fingerprint density at radius 1 is 0.404 bits per heavy atom. The van der Waals surface area contributed by atoms with E-state index < -0.39 is 0 Å². The van der Waals surface area contributed by atoms with Gasteiger partial charge in [0.15, 0.2) is 0 Å². The topological polar surface area (TPSA) is 160 Å². The number of aliphatic imine (C=N–C) groups is 3. The highest BCUT2D eigenvalue weighted by molar-refractivity contribution is 6.36. The van der Waals surface area contributed by atoms with Crippen molar-refractivity contribution < 1.29 is 28.4 Å². The fourth-order valence-electron chi connectivity index (χ4n) is 12.4. The molecule has 0 fully saturated rings. The van der Waals surface area contributed by atoms with Gasteiger partial charge in [-0.2, -0.15) is 0 Å². The number of aromatic amines is 2. The normalized spacial score (nSPS) is 16.3. The van der Waals surface area contributed by atoms with Gasteiger partial charge < -0.3 is 49.0 Å². The van der Waals surface area contributed by atoms with Gasteiger partial charge in [-0.05, 0) is 205 Å². The van der Waals surface area contributed by atoms with Crippen LogP contribution >= 0.6 is 0 Å². The van der Waals surface area contributed by atoms with Gasteiger partial charge >= 0.3 is 0 Å². The highest BCUT2D eigenvalue weighted by Crippen LogP contribution is 2.40. The molecular weight excluding hydrogens is 1290 g/mol. The van der Waals surface area contributed by atoms with Gasteiger partial charge in [-0.25, -0.2) is 15.0 Å². The van der Waals surface area contributed by atoms with Gasteiger partial charge in [0.1, 0.15) is 67.5 Å². The number of ether oxygens (including phenoxy) is 6. The third-order valence-corrected chi connectivity index (χ3v) is 17.3. The van der Waals surface area contributed by atoms with E-state index in [1.807, 2.05) is 85.8 Å². The third kappa shape index (κ3) is 17.4. The Hall–Kier alpha value is -12.7. The molecule has 0 saturated heterocycles. The van der Waals surface area contributed by atoms with Gasteiger partial charge in [-0.3, -0.25) is 5.32 Å². The Kier molecular flexibility index (Phi) is 24.0. The summed E-state index contributed by atoms with van der Waals surface area (Å²) in [7, 11) is 0. The Bertz CT molecular complexity index is 4850. The van der Waals surface area contributed by atoms with E-state index in [9.17, 15) is 0 Å². The molecule has 4 aliphatic heterocycles. The summed E-state index contributed by atoms with van der Waals surface area (Å²) in [5.41, 5.74) is 20.2. The first-order chi connectivity index (χ1) is 51.2. The third-order valence-electron chi connectivity index (χ3n) is 17.3. The van der Waals surface area contributed by atoms with E-state index >= 15 is 0 Å². The molecular formula is C90H86N8O6. The van der Waals surface area contributed by atoms with Crippen LogP contribution < -0.4 is 44.4 Å². The molecule has 4 aliphatic rings. The van der Waals surface area contributed by atoms with Crippen LogP contribution in [0.25, 0.3) is 39.3 Å². The number of rotatable bonds is 36. The molecule has 0 bridgehead atoms. The number of aromatic nitrogens is 2. The molecule has 8 aromatic rings. The zero-order valence-corrected chi connectivity index (χ0v) is 58.9. The Balaban J connectivity index is 0.921. The average molecular weight is 1380 g/mol. The summed E-state index contributed by atoms with van der Waals surface area (Å²) in [6.45, 7) is 31.6. The summed E-state index contributed by atoms with van der Waals surface area (Å²) in [6.07, 6.45) is 29.0. The lowest BCUT2D eigenvalue weighted by atomic mass is 9.98. The maximum absolute atomic E-state index is 6.02. The van der Waals surface area contributed by atoms with Crippen LogP contribution in [0.2, 0.25) is 0 Å². The van der Waals surface area contributed by atoms with E-state index in [4.69, 9.17) is 43.4 Å². The zero-order valence-electron chi connectivity index (χ0n) is 58.9. The Morgan fingerprint density at radius 3 is 1.22 bits per heavy atom. The van der Waals surface area contributed by atoms with Gasteiger partial charge in [0, 0.05) is 63.7 Å². The van der Waals surface area contributed by atoms with Crippen LogP contribution in [0.15, 0.2) is 338 Å². The molecule has 104 heavy (non-hydrogen) atoms. The van der Waals surface area contributed by atoms with E-state index in [2.05, 4.69) is 218 Å². The molecule has 12 rings (SSSR count). The quantitative estimate of drug-likeness (QED) is 0.0190. The first kappa shape index (κ1) is 71.2. The number of benzene rings is 6. The largest absolute Gasteiger partial charge is 0.494 e. The second kappa shape index (κ2) is 35.1. The lowest BCUT2D eigenvalue weighted by Crippen LogP contribution is -2.38. The first-order valence-electron chi connectivity index (χ1n) is 35.1. The SMILES string of the molecule is C=CCOc1ccc(CCNC2C=C/C(=C(C3=N/C(=C(C4=N/C(=C(/c5ccc(OCC=C)cc5)c5ccc(-c6ccc(/C(=C7/C=CC(C(=C(/C=C)NCCC)/c8ccc(OCC=C)cc8)=N7)c7ccc(OCC=C)cc7)[nH]6)[nH]5)C=C4)/c4ccc(OCC)cc4)C=C3)\c3ccc(OCC=C)cc3)N2)cc1. The van der Waals surface area contributed by atoms with E-state index in [1.165, 1.54) is 5.56 Å². The molecule has 0 radical (unpaired) electrons. The van der Waals surface area contributed by atoms with Crippen molar-refractivity contribution in [2.45, 2.75) is 32.9 Å². The summed E-state index contributed by atoms with van der Waals surface area (Å²) in [5, 5.41) is 11.1. The molecule has 14 heteroatoms. The lowest BCUT2D eigenvalue weighted by Gasteiger charge is -2.17. The summed E-state index contributed by atoms with van der Waals surface area (Å²) in [5.74, 6) is 4.52. The number of nitrogens with zero attached hydrogens (tertiary/aromatic N) is 3. The predicted molar refractivity (Wildman–Crippen MR) is 428 cm³/mol. The van der Waals surface area contributed by atoms with Crippen LogP contribution in [0.1, 0.15) is 65.0 Å². The van der Waals surface area contributed by atoms with Gasteiger partial charge in [0.2, 0.25) is 0 Å². The van der Waals surface area contributed by atoms with Crippen molar-refractivity contribution in [3.8, 4) is 45.9 Å². The van der Waals surface area contributed by atoms with Gasteiger partial charge in [-0.15, -0.1) is 0 Å². The number of allylic oxidation sites excluding steroid dienone is 11. The van der Waals surface area contributed by atoms with Crippen LogP contribution in [0, 0.1) is 0 Å². The van der Waals surface area contributed by atoms with Crippen LogP contribution in [0.5, 0.6) is 34.5 Å². The van der Waals surface area contributed by atoms with Crippen LogP contribution in [0.4, 0.5) is 0 Å². The van der Waals surface area contributed by atoms with Crippen LogP contribution in [0.3, 0.4) is 0 Å². The summed E-state index contributed by atoms with van der Waals surface area (Å²) in [4.78, 5) is 24.2. The van der Waals surface area contributed by atoms with E-state index in [0.29, 0.717) is 39.6 Å². The maximum Gasteiger partial charge on any atom is 0.119 e. The molecule has 0 amide bonds. The lowest BCUT2D eigenvalue weighted by molar-refractivity contribution is 0.340. The minimum Gasteiger partial charge on any atom is -0.494 e. The van der Waals surface area contributed by atoms with Gasteiger partial charge in [0.05, 0.1) is 58.4 Å². The van der Waals surface area contributed by atoms with Crippen molar-refractivity contribution in [1.82, 2.24) is 25.9 Å². The standard InChI is InChI=1S/C90H86N8O6/c1-9-54-91-73(15-7)86(62-21-33-69(34-22-62)101-57-11-3)76-45-46-79(95-76)87(64-23-35-70(36-24-64)102-58-12-4)77-43-41-74(93-77)75-42-44-78(94-75)88(65-25-37-71(38-26-65)103-59-13-5)80-47-48-81(96-80)89(63-19-31-67(32-20-63)99-16-8)82-49-50-83(97-82)90(66-27-39-72(40-28-66)104-60-14-6)84-51-52-85(98-84)92-55-53-61-17-29-68(30-18-61)100-56-10-2/h10-15,17-52,85,91-94,98H,2-7,9,16,53-60H2,1,8H3/b86-73-,87-79-,88-80-,89-82-,90-84-. The van der Waals surface area contributed by atoms with E-state index in [0.717, 1.165) is 185 Å². The summed E-state index contributed by atoms with van der Waals surface area (Å²) >= 11 is 0. The minimum atomic E-state index is -0.122. The molecule has 14 nitrogen and oxygen atoms in total. The van der Waals surface area contributed by atoms with Crippen molar-refractivity contribution in [2.75, 3.05) is 52.7 Å². The van der Waals surface area contributed by atoms with Gasteiger partial charge in [0.25, 0.3) is 0 Å². The van der Waals surface area contributed by atoms with Crippen LogP contribution in [-0.4, -0.2) is 86.0 Å². The minimum absolute atomic E-state index is 0.122. The van der Waals surface area contributed by atoms with Crippen LogP contribution in [-0.2, 0) is 6.42 Å². The number of hydrogen-bond donors (Lipinski definition) is 5. The molecule has 2 aromatic heterocycles. The van der Waals surface area contributed by atoms with E-state index in [-0.39, 0.29) is 6.17 Å². The summed E-state index contributed by atoms with van der Waals surface area (Å²) < 4.78 is 35.5. The predicted octanol–water partition coefficient (Wildman–Crippen LogP) is 18.5. The first-order valence-corrected chi connectivity index (χ1v) is 35.1. The summed E-state index contributed by atoms with van der Waals surface area (Å²) in [6, 6.07) is 57.1. The molecule has 6 aromatic carbocycles. The molecule has 6 heterocycles. The number of hydrogen-bond acceptors (Lipinski definition) is 12. The molecule has 522 valence electrons.